The highest BCUT2D eigenvalue weighted by Gasteiger charge is 2.24. The van der Waals surface area contributed by atoms with Gasteiger partial charge >= 0.3 is 12.1 Å². The summed E-state index contributed by atoms with van der Waals surface area (Å²) in [5, 5.41) is 14.4. The molecular weight excluding hydrogens is 308 g/mol. The van der Waals surface area contributed by atoms with Gasteiger partial charge in [-0.1, -0.05) is 0 Å². The van der Waals surface area contributed by atoms with E-state index >= 15 is 0 Å². The Morgan fingerprint density at radius 1 is 1.50 bits per heavy atom. The number of alkyl carbamates (subject to hydrolysis) is 1. The van der Waals surface area contributed by atoms with Crippen molar-refractivity contribution in [3.8, 4) is 0 Å². The molecule has 2 atom stereocenters. The first-order valence-electron chi connectivity index (χ1n) is 7.27. The number of amides is 2. The van der Waals surface area contributed by atoms with E-state index in [4.69, 9.17) is 9.84 Å². The Morgan fingerprint density at radius 3 is 2.68 bits per heavy atom. The van der Waals surface area contributed by atoms with Crippen LogP contribution in [-0.4, -0.2) is 52.3 Å². The van der Waals surface area contributed by atoms with E-state index in [0.717, 1.165) is 12.2 Å². The highest BCUT2D eigenvalue weighted by molar-refractivity contribution is 7.99. The first kappa shape index (κ1) is 18.6. The molecule has 1 heterocycles. The molecule has 0 aromatic carbocycles. The summed E-state index contributed by atoms with van der Waals surface area (Å²) in [6, 6.07) is -0.805. The van der Waals surface area contributed by atoms with E-state index in [2.05, 4.69) is 10.6 Å². The minimum absolute atomic E-state index is 0.0700. The smallest absolute Gasteiger partial charge is 0.408 e. The molecule has 0 aromatic rings. The van der Waals surface area contributed by atoms with Gasteiger partial charge in [-0.25, -0.2) is 9.59 Å². The summed E-state index contributed by atoms with van der Waals surface area (Å²) >= 11 is 1.57. The van der Waals surface area contributed by atoms with Crippen molar-refractivity contribution in [3.63, 3.8) is 0 Å². The molecule has 1 saturated heterocycles. The van der Waals surface area contributed by atoms with Gasteiger partial charge in [-0.3, -0.25) is 4.79 Å². The first-order valence-corrected chi connectivity index (χ1v) is 8.42. The molecule has 2 amide bonds. The van der Waals surface area contributed by atoms with E-state index in [-0.39, 0.29) is 11.9 Å². The summed E-state index contributed by atoms with van der Waals surface area (Å²) < 4.78 is 5.05. The Hall–Kier alpha value is -1.44. The fraction of sp³-hybridized carbons (Fsp3) is 0.786. The predicted molar refractivity (Wildman–Crippen MR) is 83.9 cm³/mol. The number of thioether (sulfide) groups is 1. The second-order valence-corrected chi connectivity index (χ2v) is 7.35. The summed E-state index contributed by atoms with van der Waals surface area (Å²) in [5.41, 5.74) is -0.664. The van der Waals surface area contributed by atoms with Crippen LogP contribution >= 0.6 is 11.8 Å². The van der Waals surface area contributed by atoms with Gasteiger partial charge in [0.2, 0.25) is 5.91 Å². The Balaban J connectivity index is 2.27. The Morgan fingerprint density at radius 2 is 2.18 bits per heavy atom. The highest BCUT2D eigenvalue weighted by Crippen LogP contribution is 2.14. The van der Waals surface area contributed by atoms with Gasteiger partial charge in [0.25, 0.3) is 0 Å². The molecule has 22 heavy (non-hydrogen) atoms. The number of rotatable bonds is 7. The second-order valence-electron chi connectivity index (χ2n) is 6.20. The molecule has 0 radical (unpaired) electrons. The third-order valence-electron chi connectivity index (χ3n) is 2.94. The fourth-order valence-electron chi connectivity index (χ4n) is 1.94. The molecule has 1 fully saturated rings. The largest absolute Gasteiger partial charge is 0.480 e. The van der Waals surface area contributed by atoms with Gasteiger partial charge in [0.1, 0.15) is 11.6 Å². The molecule has 1 aliphatic rings. The SMILES string of the molecule is CC(C)(C)OC(=O)NC(CCSCC1CCC(=O)N1)C(=O)O. The fourth-order valence-corrected chi connectivity index (χ4v) is 3.04. The van der Waals surface area contributed by atoms with Crippen molar-refractivity contribution in [2.24, 2.45) is 0 Å². The topological polar surface area (TPSA) is 105 Å². The third-order valence-corrected chi connectivity index (χ3v) is 4.11. The van der Waals surface area contributed by atoms with Crippen molar-refractivity contribution in [2.45, 2.75) is 57.7 Å². The maximum atomic E-state index is 11.6. The number of hydrogen-bond donors (Lipinski definition) is 3. The van der Waals surface area contributed by atoms with Gasteiger partial charge in [-0.15, -0.1) is 0 Å². The summed E-state index contributed by atoms with van der Waals surface area (Å²) in [4.78, 5) is 33.8. The van der Waals surface area contributed by atoms with E-state index in [1.54, 1.807) is 32.5 Å². The number of nitrogens with one attached hydrogen (secondary N) is 2. The standard InChI is InChI=1S/C14H24N2O5S/c1-14(2,3)21-13(20)16-10(12(18)19)6-7-22-8-9-4-5-11(17)15-9/h9-10H,4-8H2,1-3H3,(H,15,17)(H,16,20)(H,18,19). The van der Waals surface area contributed by atoms with Crippen LogP contribution in [0.4, 0.5) is 4.79 Å². The van der Waals surface area contributed by atoms with Crippen LogP contribution in [0.25, 0.3) is 0 Å². The van der Waals surface area contributed by atoms with Gasteiger partial charge in [0.05, 0.1) is 0 Å². The minimum Gasteiger partial charge on any atom is -0.480 e. The maximum absolute atomic E-state index is 11.6. The Bertz CT molecular complexity index is 422. The van der Waals surface area contributed by atoms with Crippen LogP contribution in [0.2, 0.25) is 0 Å². The quantitative estimate of drug-likeness (QED) is 0.608. The first-order chi connectivity index (χ1) is 10.2. The van der Waals surface area contributed by atoms with E-state index in [1.165, 1.54) is 0 Å². The summed E-state index contributed by atoms with van der Waals surface area (Å²) in [7, 11) is 0. The number of carbonyl (C=O) groups is 3. The number of ether oxygens (including phenoxy) is 1. The molecule has 0 spiro atoms. The highest BCUT2D eigenvalue weighted by atomic mass is 32.2. The zero-order chi connectivity index (χ0) is 16.8. The number of carbonyl (C=O) groups excluding carboxylic acids is 2. The molecule has 2 unspecified atom stereocenters. The van der Waals surface area contributed by atoms with Crippen LogP contribution in [0.15, 0.2) is 0 Å². The predicted octanol–water partition coefficient (Wildman–Crippen LogP) is 1.37. The molecule has 3 N–H and O–H groups in total. The lowest BCUT2D eigenvalue weighted by molar-refractivity contribution is -0.139. The minimum atomic E-state index is -1.08. The maximum Gasteiger partial charge on any atom is 0.408 e. The van der Waals surface area contributed by atoms with Crippen molar-refractivity contribution in [3.05, 3.63) is 0 Å². The van der Waals surface area contributed by atoms with E-state index in [0.29, 0.717) is 18.6 Å². The summed E-state index contributed by atoms with van der Waals surface area (Å²) in [5.74, 6) is 0.324. The van der Waals surface area contributed by atoms with Gasteiger partial charge in [-0.2, -0.15) is 11.8 Å². The average Bonchev–Trinajstić information content (AvgIpc) is 2.76. The third kappa shape index (κ3) is 7.53. The zero-order valence-corrected chi connectivity index (χ0v) is 14.0. The lowest BCUT2D eigenvalue weighted by Gasteiger charge is -2.22. The normalized spacial score (nSPS) is 19.4. The van der Waals surface area contributed by atoms with E-state index in [9.17, 15) is 14.4 Å². The van der Waals surface area contributed by atoms with Crippen LogP contribution in [0.3, 0.4) is 0 Å². The van der Waals surface area contributed by atoms with E-state index < -0.39 is 23.7 Å². The molecule has 1 rings (SSSR count). The van der Waals surface area contributed by atoms with Crippen LogP contribution in [0.1, 0.15) is 40.0 Å². The molecule has 7 nitrogen and oxygen atoms in total. The number of carboxylic acids is 1. The summed E-state index contributed by atoms with van der Waals surface area (Å²) in [6.45, 7) is 5.15. The molecule has 8 heteroatoms. The van der Waals surface area contributed by atoms with E-state index in [1.807, 2.05) is 0 Å². The lowest BCUT2D eigenvalue weighted by Crippen LogP contribution is -2.43. The Kier molecular flexibility index (Phi) is 6.99. The number of aliphatic carboxylic acids is 1. The summed E-state index contributed by atoms with van der Waals surface area (Å²) in [6.07, 6.45) is 0.959. The van der Waals surface area contributed by atoms with Crippen molar-refractivity contribution >= 4 is 29.7 Å². The Labute approximate surface area is 134 Å². The lowest BCUT2D eigenvalue weighted by atomic mass is 10.2. The molecule has 126 valence electrons. The van der Waals surface area contributed by atoms with Crippen LogP contribution in [-0.2, 0) is 14.3 Å². The molecule has 0 bridgehead atoms. The van der Waals surface area contributed by atoms with Crippen LogP contribution < -0.4 is 10.6 Å². The zero-order valence-electron chi connectivity index (χ0n) is 13.2. The van der Waals surface area contributed by atoms with Crippen molar-refractivity contribution < 1.29 is 24.2 Å². The van der Waals surface area contributed by atoms with Gasteiger partial charge in [0, 0.05) is 18.2 Å². The van der Waals surface area contributed by atoms with Gasteiger partial charge in [0.15, 0.2) is 0 Å². The molecule has 0 saturated carbocycles. The average molecular weight is 332 g/mol. The molecule has 0 aromatic heterocycles. The number of carboxylic acid groups (broad SMARTS) is 1. The molecule has 1 aliphatic heterocycles. The van der Waals surface area contributed by atoms with Crippen molar-refractivity contribution in [1.82, 2.24) is 10.6 Å². The van der Waals surface area contributed by atoms with Crippen LogP contribution in [0, 0.1) is 0 Å². The molecule has 0 aliphatic carbocycles. The van der Waals surface area contributed by atoms with Crippen LogP contribution in [0.5, 0.6) is 0 Å². The van der Waals surface area contributed by atoms with Gasteiger partial charge < -0.3 is 20.5 Å². The second kappa shape index (κ2) is 8.26. The van der Waals surface area contributed by atoms with Crippen molar-refractivity contribution in [2.75, 3.05) is 11.5 Å². The monoisotopic (exact) mass is 332 g/mol. The van der Waals surface area contributed by atoms with Gasteiger partial charge in [-0.05, 0) is 39.4 Å². The number of hydrogen-bond acceptors (Lipinski definition) is 5. The van der Waals surface area contributed by atoms with Crippen molar-refractivity contribution in [1.29, 1.82) is 0 Å². The molecular formula is C14H24N2O5S.